The van der Waals surface area contributed by atoms with Crippen LogP contribution in [0.4, 0.5) is 0 Å². The molecule has 4 heteroatoms. The highest BCUT2D eigenvalue weighted by Crippen LogP contribution is 2.17. The summed E-state index contributed by atoms with van der Waals surface area (Å²) in [7, 11) is 0. The Balaban J connectivity index is 2.54. The van der Waals surface area contributed by atoms with E-state index in [-0.39, 0.29) is 0 Å². The number of hydrogen-bond acceptors (Lipinski definition) is 2. The Kier molecular flexibility index (Phi) is 6.40. The first-order chi connectivity index (χ1) is 8.30. The van der Waals surface area contributed by atoms with Gasteiger partial charge in [0.2, 0.25) is 0 Å². The van der Waals surface area contributed by atoms with Gasteiger partial charge in [-0.05, 0) is 25.5 Å². The van der Waals surface area contributed by atoms with Gasteiger partial charge in [-0.1, -0.05) is 13.0 Å². The van der Waals surface area contributed by atoms with E-state index in [1.807, 2.05) is 17.4 Å². The molecule has 0 unspecified atom stereocenters. The van der Waals surface area contributed by atoms with Gasteiger partial charge in [0.05, 0.1) is 6.54 Å². The lowest BCUT2D eigenvalue weighted by Crippen LogP contribution is -2.37. The second-order valence-corrected chi connectivity index (χ2v) is 4.84. The summed E-state index contributed by atoms with van der Waals surface area (Å²) in [5.74, 6) is 0.846. The quantitative estimate of drug-likeness (QED) is 0.463. The Hall–Kier alpha value is -1.29. The third-order valence-corrected chi connectivity index (χ3v) is 3.43. The van der Waals surface area contributed by atoms with E-state index in [1.54, 1.807) is 0 Å². The number of aryl methyl sites for hydroxylation is 1. The molecule has 0 aliphatic carbocycles. The molecule has 0 amide bonds. The monoisotopic (exact) mass is 251 g/mol. The number of rotatable bonds is 6. The van der Waals surface area contributed by atoms with Gasteiger partial charge in [-0.3, -0.25) is 0 Å². The number of nitrogens with one attached hydrogen (secondary N) is 2. The second kappa shape index (κ2) is 7.90. The molecule has 0 saturated heterocycles. The maximum atomic E-state index is 4.53. The molecule has 0 spiro atoms. The van der Waals surface area contributed by atoms with Crippen molar-refractivity contribution >= 4 is 17.3 Å². The van der Waals surface area contributed by atoms with Crippen molar-refractivity contribution in [1.29, 1.82) is 0 Å². The minimum absolute atomic E-state index is 0.733. The first-order valence-corrected chi connectivity index (χ1v) is 6.82. The third kappa shape index (κ3) is 5.04. The number of thiophene rings is 1. The molecule has 0 aliphatic rings. The smallest absolute Gasteiger partial charge is 0.191 e. The number of aliphatic imine (C=N–C) groups is 1. The first-order valence-electron chi connectivity index (χ1n) is 6.00. The molecule has 0 aliphatic heterocycles. The van der Waals surface area contributed by atoms with Crippen molar-refractivity contribution in [3.05, 3.63) is 34.5 Å². The van der Waals surface area contributed by atoms with E-state index in [0.29, 0.717) is 0 Å². The highest BCUT2D eigenvalue weighted by molar-refractivity contribution is 7.11. The summed E-state index contributed by atoms with van der Waals surface area (Å²) in [6.45, 7) is 10.3. The molecule has 1 heterocycles. The van der Waals surface area contributed by atoms with E-state index in [1.165, 1.54) is 9.75 Å². The van der Waals surface area contributed by atoms with Crippen LogP contribution in [-0.2, 0) is 13.0 Å². The van der Waals surface area contributed by atoms with Crippen LogP contribution in [0.15, 0.2) is 29.8 Å². The molecule has 94 valence electrons. The van der Waals surface area contributed by atoms with Gasteiger partial charge in [0.15, 0.2) is 5.96 Å². The maximum absolute atomic E-state index is 4.53. The standard InChI is InChI=1S/C13H21N3S/c1-4-9-15-13(14-6-3)16-10-12-8-7-11(5-2)17-12/h4,7-8H,1,5-6,9-10H2,2-3H3,(H2,14,15,16). The number of nitrogens with zero attached hydrogens (tertiary/aromatic N) is 1. The van der Waals surface area contributed by atoms with Gasteiger partial charge < -0.3 is 10.6 Å². The summed E-state index contributed by atoms with van der Waals surface area (Å²) in [6.07, 6.45) is 2.93. The van der Waals surface area contributed by atoms with E-state index >= 15 is 0 Å². The Morgan fingerprint density at radius 1 is 1.35 bits per heavy atom. The van der Waals surface area contributed by atoms with Gasteiger partial charge in [0.25, 0.3) is 0 Å². The average molecular weight is 251 g/mol. The topological polar surface area (TPSA) is 36.4 Å². The van der Waals surface area contributed by atoms with E-state index in [2.05, 4.69) is 48.2 Å². The molecule has 0 fully saturated rings. The fraction of sp³-hybridized carbons (Fsp3) is 0.462. The zero-order valence-electron chi connectivity index (χ0n) is 10.6. The highest BCUT2D eigenvalue weighted by Gasteiger charge is 1.99. The predicted molar refractivity (Wildman–Crippen MR) is 76.7 cm³/mol. The fourth-order valence-corrected chi connectivity index (χ4v) is 2.25. The summed E-state index contributed by atoms with van der Waals surface area (Å²) in [6, 6.07) is 4.34. The fourth-order valence-electron chi connectivity index (χ4n) is 1.36. The molecule has 1 rings (SSSR count). The van der Waals surface area contributed by atoms with Crippen molar-refractivity contribution in [1.82, 2.24) is 10.6 Å². The minimum Gasteiger partial charge on any atom is -0.357 e. The molecule has 3 nitrogen and oxygen atoms in total. The van der Waals surface area contributed by atoms with Crippen LogP contribution in [0, 0.1) is 0 Å². The van der Waals surface area contributed by atoms with Gasteiger partial charge in [-0.25, -0.2) is 4.99 Å². The largest absolute Gasteiger partial charge is 0.357 e. The summed E-state index contributed by atoms with van der Waals surface area (Å²) in [5, 5.41) is 6.39. The van der Waals surface area contributed by atoms with Crippen LogP contribution in [-0.4, -0.2) is 19.0 Å². The summed E-state index contributed by atoms with van der Waals surface area (Å²) in [4.78, 5) is 7.25. The van der Waals surface area contributed by atoms with Crippen LogP contribution in [0.2, 0.25) is 0 Å². The molecule has 0 saturated carbocycles. The van der Waals surface area contributed by atoms with Crippen LogP contribution in [0.25, 0.3) is 0 Å². The zero-order chi connectivity index (χ0) is 12.5. The highest BCUT2D eigenvalue weighted by atomic mass is 32.1. The Morgan fingerprint density at radius 2 is 2.12 bits per heavy atom. The van der Waals surface area contributed by atoms with Crippen molar-refractivity contribution in [3.63, 3.8) is 0 Å². The van der Waals surface area contributed by atoms with E-state index in [9.17, 15) is 0 Å². The van der Waals surface area contributed by atoms with Gasteiger partial charge in [-0.15, -0.1) is 17.9 Å². The molecular formula is C13H21N3S. The van der Waals surface area contributed by atoms with E-state index in [4.69, 9.17) is 0 Å². The van der Waals surface area contributed by atoms with Gasteiger partial charge in [0.1, 0.15) is 0 Å². The lowest BCUT2D eigenvalue weighted by atomic mass is 10.4. The summed E-state index contributed by atoms with van der Waals surface area (Å²) < 4.78 is 0. The minimum atomic E-state index is 0.733. The maximum Gasteiger partial charge on any atom is 0.191 e. The van der Waals surface area contributed by atoms with Crippen LogP contribution in [0.3, 0.4) is 0 Å². The lowest BCUT2D eigenvalue weighted by Gasteiger charge is -2.08. The molecule has 0 radical (unpaired) electrons. The predicted octanol–water partition coefficient (Wildman–Crippen LogP) is 2.55. The SMILES string of the molecule is C=CCNC(=NCc1ccc(CC)s1)NCC. The average Bonchev–Trinajstić information content (AvgIpc) is 2.80. The van der Waals surface area contributed by atoms with Gasteiger partial charge >= 0.3 is 0 Å². The van der Waals surface area contributed by atoms with E-state index in [0.717, 1.165) is 32.0 Å². The van der Waals surface area contributed by atoms with Crippen molar-refractivity contribution in [2.45, 2.75) is 26.8 Å². The lowest BCUT2D eigenvalue weighted by molar-refractivity contribution is 0.863. The molecule has 0 bridgehead atoms. The van der Waals surface area contributed by atoms with Crippen molar-refractivity contribution < 1.29 is 0 Å². The Labute approximate surface area is 108 Å². The first kappa shape index (κ1) is 13.8. The molecule has 1 aromatic heterocycles. The molecule has 0 atom stereocenters. The second-order valence-electron chi connectivity index (χ2n) is 3.59. The Morgan fingerprint density at radius 3 is 2.71 bits per heavy atom. The Bertz CT molecular complexity index is 368. The third-order valence-electron chi connectivity index (χ3n) is 2.22. The van der Waals surface area contributed by atoms with E-state index < -0.39 is 0 Å². The molecule has 17 heavy (non-hydrogen) atoms. The zero-order valence-corrected chi connectivity index (χ0v) is 11.4. The van der Waals surface area contributed by atoms with Gasteiger partial charge in [-0.2, -0.15) is 0 Å². The normalized spacial score (nSPS) is 11.3. The molecule has 2 N–H and O–H groups in total. The van der Waals surface area contributed by atoms with Crippen LogP contribution in [0.1, 0.15) is 23.6 Å². The number of hydrogen-bond donors (Lipinski definition) is 2. The molecular weight excluding hydrogens is 230 g/mol. The van der Waals surface area contributed by atoms with Crippen molar-refractivity contribution in [3.8, 4) is 0 Å². The van der Waals surface area contributed by atoms with Crippen LogP contribution >= 0.6 is 11.3 Å². The van der Waals surface area contributed by atoms with Crippen molar-refractivity contribution in [2.75, 3.05) is 13.1 Å². The van der Waals surface area contributed by atoms with Crippen LogP contribution in [0.5, 0.6) is 0 Å². The summed E-state index contributed by atoms with van der Waals surface area (Å²) >= 11 is 1.83. The molecule has 0 aromatic carbocycles. The van der Waals surface area contributed by atoms with Gasteiger partial charge in [0, 0.05) is 22.8 Å². The van der Waals surface area contributed by atoms with Crippen molar-refractivity contribution in [2.24, 2.45) is 4.99 Å². The van der Waals surface area contributed by atoms with Crippen LogP contribution < -0.4 is 10.6 Å². The summed E-state index contributed by atoms with van der Waals surface area (Å²) in [5.41, 5.74) is 0. The molecule has 1 aromatic rings. The number of guanidine groups is 1.